The average molecular weight is 215 g/mol. The van der Waals surface area contributed by atoms with Crippen molar-refractivity contribution in [2.24, 2.45) is 0 Å². The number of hydrogen-bond acceptors (Lipinski definition) is 4. The molecule has 1 fully saturated rings. The minimum Gasteiger partial charge on any atom is -0.465 e. The summed E-state index contributed by atoms with van der Waals surface area (Å²) in [7, 11) is 0. The van der Waals surface area contributed by atoms with Gasteiger partial charge in [-0.2, -0.15) is 0 Å². The first kappa shape index (κ1) is 12.5. The van der Waals surface area contributed by atoms with Crippen LogP contribution in [0.25, 0.3) is 0 Å². The quantitative estimate of drug-likeness (QED) is 0.689. The molecule has 0 aromatic rings. The number of esters is 1. The van der Waals surface area contributed by atoms with Crippen LogP contribution in [0.2, 0.25) is 0 Å². The highest BCUT2D eigenvalue weighted by Gasteiger charge is 2.44. The lowest BCUT2D eigenvalue weighted by molar-refractivity contribution is -0.162. The van der Waals surface area contributed by atoms with Crippen molar-refractivity contribution in [3.8, 4) is 0 Å². The van der Waals surface area contributed by atoms with Crippen LogP contribution in [-0.2, 0) is 9.53 Å². The van der Waals surface area contributed by atoms with Gasteiger partial charge in [0.25, 0.3) is 0 Å². The van der Waals surface area contributed by atoms with Crippen molar-refractivity contribution >= 4 is 5.97 Å². The van der Waals surface area contributed by atoms with Crippen LogP contribution in [0.3, 0.4) is 0 Å². The largest absolute Gasteiger partial charge is 0.465 e. The maximum Gasteiger partial charge on any atom is 0.323 e. The first-order valence-electron chi connectivity index (χ1n) is 5.65. The van der Waals surface area contributed by atoms with E-state index in [0.717, 1.165) is 12.8 Å². The van der Waals surface area contributed by atoms with Crippen LogP contribution in [0.4, 0.5) is 0 Å². The van der Waals surface area contributed by atoms with Gasteiger partial charge in [0.15, 0.2) is 0 Å². The molecule has 1 atom stereocenters. The number of likely N-dealkylation sites (tertiary alicyclic amines) is 1. The molecule has 1 N–H and O–H groups in total. The molecular formula is C11H21NO3. The molecule has 1 aliphatic rings. The summed E-state index contributed by atoms with van der Waals surface area (Å²) < 4.78 is 4.93. The lowest BCUT2D eigenvalue weighted by Crippen LogP contribution is -2.65. The zero-order valence-corrected chi connectivity index (χ0v) is 9.82. The van der Waals surface area contributed by atoms with Crippen molar-refractivity contribution in [1.82, 2.24) is 4.90 Å². The molecule has 1 aliphatic heterocycles. The van der Waals surface area contributed by atoms with Gasteiger partial charge in [0.1, 0.15) is 6.04 Å². The third kappa shape index (κ3) is 2.92. The van der Waals surface area contributed by atoms with Gasteiger partial charge >= 0.3 is 5.97 Å². The van der Waals surface area contributed by atoms with E-state index in [2.05, 4.69) is 6.92 Å². The third-order valence-electron chi connectivity index (χ3n) is 2.89. The minimum atomic E-state index is -0.574. The van der Waals surface area contributed by atoms with Gasteiger partial charge in [-0.15, -0.1) is 0 Å². The maximum atomic E-state index is 11.4. The van der Waals surface area contributed by atoms with Crippen LogP contribution in [0.15, 0.2) is 0 Å². The summed E-state index contributed by atoms with van der Waals surface area (Å²) in [5.41, 5.74) is -0.574. The number of carbonyl (C=O) groups is 1. The zero-order chi connectivity index (χ0) is 11.5. The highest BCUT2D eigenvalue weighted by Crippen LogP contribution is 2.27. The number of ether oxygens (including phenoxy) is 1. The van der Waals surface area contributed by atoms with Crippen molar-refractivity contribution in [3.05, 3.63) is 0 Å². The Kier molecular flexibility index (Phi) is 4.11. The topological polar surface area (TPSA) is 49.8 Å². The minimum absolute atomic E-state index is 0.198. The van der Waals surface area contributed by atoms with E-state index in [1.807, 2.05) is 11.8 Å². The second-order valence-electron chi connectivity index (χ2n) is 4.31. The summed E-state index contributed by atoms with van der Waals surface area (Å²) in [6, 6.07) is -0.234. The fraction of sp³-hybridized carbons (Fsp3) is 0.909. The summed E-state index contributed by atoms with van der Waals surface area (Å²) >= 11 is 0. The predicted molar refractivity (Wildman–Crippen MR) is 57.5 cm³/mol. The Morgan fingerprint density at radius 2 is 2.13 bits per heavy atom. The molecule has 0 saturated carbocycles. The van der Waals surface area contributed by atoms with Gasteiger partial charge in [-0.1, -0.05) is 13.3 Å². The van der Waals surface area contributed by atoms with Gasteiger partial charge < -0.3 is 9.84 Å². The SMILES string of the molecule is CCCC1(O)CN(C(C)C(=O)OCC)C1. The number of aliphatic hydroxyl groups is 1. The summed E-state index contributed by atoms with van der Waals surface area (Å²) in [6.07, 6.45) is 1.77. The molecule has 1 unspecified atom stereocenters. The van der Waals surface area contributed by atoms with Gasteiger partial charge in [-0.05, 0) is 20.3 Å². The van der Waals surface area contributed by atoms with Gasteiger partial charge in [-0.25, -0.2) is 0 Å². The van der Waals surface area contributed by atoms with Crippen LogP contribution in [0, 0.1) is 0 Å². The Labute approximate surface area is 91.2 Å². The zero-order valence-electron chi connectivity index (χ0n) is 9.82. The van der Waals surface area contributed by atoms with Gasteiger partial charge in [0, 0.05) is 13.1 Å². The highest BCUT2D eigenvalue weighted by molar-refractivity contribution is 5.75. The molecule has 4 heteroatoms. The molecule has 0 amide bonds. The third-order valence-corrected chi connectivity index (χ3v) is 2.89. The number of carbonyl (C=O) groups excluding carboxylic acids is 1. The predicted octanol–water partition coefficient (Wildman–Crippen LogP) is 0.785. The fourth-order valence-electron chi connectivity index (χ4n) is 2.02. The van der Waals surface area contributed by atoms with Crippen LogP contribution >= 0.6 is 0 Å². The van der Waals surface area contributed by atoms with Crippen molar-refractivity contribution in [3.63, 3.8) is 0 Å². The van der Waals surface area contributed by atoms with E-state index in [9.17, 15) is 9.90 Å². The molecule has 4 nitrogen and oxygen atoms in total. The normalized spacial score (nSPS) is 21.9. The number of rotatable bonds is 5. The Hall–Kier alpha value is -0.610. The van der Waals surface area contributed by atoms with E-state index in [4.69, 9.17) is 4.74 Å². The van der Waals surface area contributed by atoms with Crippen molar-refractivity contribution in [1.29, 1.82) is 0 Å². The molecule has 1 saturated heterocycles. The first-order chi connectivity index (χ1) is 7.02. The van der Waals surface area contributed by atoms with E-state index in [1.54, 1.807) is 6.92 Å². The second kappa shape index (κ2) is 4.94. The molecule has 0 bridgehead atoms. The van der Waals surface area contributed by atoms with E-state index < -0.39 is 5.60 Å². The summed E-state index contributed by atoms with van der Waals surface area (Å²) in [6.45, 7) is 7.25. The van der Waals surface area contributed by atoms with Crippen LogP contribution in [-0.4, -0.2) is 47.3 Å². The monoisotopic (exact) mass is 215 g/mol. The standard InChI is InChI=1S/C11H21NO3/c1-4-6-11(14)7-12(8-11)9(3)10(13)15-5-2/h9,14H,4-8H2,1-3H3. The van der Waals surface area contributed by atoms with Crippen LogP contribution < -0.4 is 0 Å². The van der Waals surface area contributed by atoms with Gasteiger partial charge in [-0.3, -0.25) is 9.69 Å². The lowest BCUT2D eigenvalue weighted by atomic mass is 9.88. The second-order valence-corrected chi connectivity index (χ2v) is 4.31. The number of hydrogen-bond donors (Lipinski definition) is 1. The Bertz CT molecular complexity index is 224. The molecule has 0 aromatic carbocycles. The van der Waals surface area contributed by atoms with Gasteiger partial charge in [0.2, 0.25) is 0 Å². The number of nitrogens with zero attached hydrogens (tertiary/aromatic N) is 1. The average Bonchev–Trinajstić information content (AvgIpc) is 2.13. The van der Waals surface area contributed by atoms with E-state index in [0.29, 0.717) is 19.7 Å². The Balaban J connectivity index is 2.34. The molecular weight excluding hydrogens is 194 g/mol. The van der Waals surface area contributed by atoms with Crippen LogP contribution in [0.1, 0.15) is 33.6 Å². The molecule has 0 radical (unpaired) electrons. The molecule has 1 heterocycles. The van der Waals surface area contributed by atoms with Crippen molar-refractivity contribution in [2.45, 2.75) is 45.3 Å². The Morgan fingerprint density at radius 3 is 2.60 bits per heavy atom. The maximum absolute atomic E-state index is 11.4. The molecule has 0 aromatic heterocycles. The highest BCUT2D eigenvalue weighted by atomic mass is 16.5. The van der Waals surface area contributed by atoms with Crippen molar-refractivity contribution in [2.75, 3.05) is 19.7 Å². The molecule has 88 valence electrons. The molecule has 0 spiro atoms. The van der Waals surface area contributed by atoms with Gasteiger partial charge in [0.05, 0.1) is 12.2 Å². The van der Waals surface area contributed by atoms with Crippen LogP contribution in [0.5, 0.6) is 0 Å². The number of β-amino-alcohol motifs (C(OH)–C–C–N with tert-alkyl or cyclic N) is 1. The molecule has 15 heavy (non-hydrogen) atoms. The lowest BCUT2D eigenvalue weighted by Gasteiger charge is -2.48. The first-order valence-corrected chi connectivity index (χ1v) is 5.65. The smallest absolute Gasteiger partial charge is 0.323 e. The summed E-state index contributed by atoms with van der Waals surface area (Å²) in [4.78, 5) is 13.4. The van der Waals surface area contributed by atoms with E-state index >= 15 is 0 Å². The van der Waals surface area contributed by atoms with Crippen molar-refractivity contribution < 1.29 is 14.6 Å². The fourth-order valence-corrected chi connectivity index (χ4v) is 2.02. The van der Waals surface area contributed by atoms with E-state index in [-0.39, 0.29) is 12.0 Å². The van der Waals surface area contributed by atoms with E-state index in [1.165, 1.54) is 0 Å². The summed E-state index contributed by atoms with van der Waals surface area (Å²) in [5, 5.41) is 9.95. The summed E-state index contributed by atoms with van der Waals surface area (Å²) in [5.74, 6) is -0.198. The molecule has 0 aliphatic carbocycles. The molecule has 1 rings (SSSR count). The Morgan fingerprint density at radius 1 is 1.53 bits per heavy atom.